The first-order chi connectivity index (χ1) is 6.40. The van der Waals surface area contributed by atoms with Crippen LogP contribution in [-0.4, -0.2) is 41.1 Å². The van der Waals surface area contributed by atoms with Crippen LogP contribution in [-0.2, 0) is 4.79 Å². The average molecular weight is 227 g/mol. The zero-order chi connectivity index (χ0) is 11.2. The van der Waals surface area contributed by atoms with Gasteiger partial charge in [0.15, 0.2) is 0 Å². The number of carbonyl (C=O) groups is 1. The summed E-state index contributed by atoms with van der Waals surface area (Å²) in [6.07, 6.45) is 0. The summed E-state index contributed by atoms with van der Waals surface area (Å²) in [5.74, 6) is -4.14. The standard InChI is InChI=1S/C8H15F2NO2S/c1-3-14-4-6(2)11-5-8(9,10)7(12)13/h6,11H,3-5H2,1-2H3,(H,12,13). The molecule has 6 heteroatoms. The van der Waals surface area contributed by atoms with Crippen LogP contribution in [0.5, 0.6) is 0 Å². The molecule has 0 rings (SSSR count). The lowest BCUT2D eigenvalue weighted by atomic mass is 10.3. The Bertz CT molecular complexity index is 190. The van der Waals surface area contributed by atoms with E-state index in [4.69, 9.17) is 5.11 Å². The summed E-state index contributed by atoms with van der Waals surface area (Å²) >= 11 is 1.62. The molecule has 0 amide bonds. The summed E-state index contributed by atoms with van der Waals surface area (Å²) in [5.41, 5.74) is 0. The zero-order valence-corrected chi connectivity index (χ0v) is 9.03. The van der Waals surface area contributed by atoms with Gasteiger partial charge in [0.2, 0.25) is 0 Å². The van der Waals surface area contributed by atoms with Crippen LogP contribution < -0.4 is 5.32 Å². The van der Waals surface area contributed by atoms with Crippen molar-refractivity contribution in [3.63, 3.8) is 0 Å². The maximum Gasteiger partial charge on any atom is 0.375 e. The van der Waals surface area contributed by atoms with Crippen LogP contribution in [0.15, 0.2) is 0 Å². The van der Waals surface area contributed by atoms with Gasteiger partial charge in [-0.1, -0.05) is 6.92 Å². The number of rotatable bonds is 7. The fraction of sp³-hybridized carbons (Fsp3) is 0.875. The van der Waals surface area contributed by atoms with E-state index in [0.29, 0.717) is 5.75 Å². The topological polar surface area (TPSA) is 49.3 Å². The van der Waals surface area contributed by atoms with Crippen molar-refractivity contribution in [2.75, 3.05) is 18.1 Å². The first-order valence-electron chi connectivity index (χ1n) is 4.32. The lowest BCUT2D eigenvalue weighted by Crippen LogP contribution is -2.43. The molecule has 0 spiro atoms. The molecule has 0 aliphatic carbocycles. The number of carboxylic acid groups (broad SMARTS) is 1. The molecule has 0 aromatic heterocycles. The third-order valence-electron chi connectivity index (χ3n) is 1.56. The van der Waals surface area contributed by atoms with Crippen molar-refractivity contribution in [3.05, 3.63) is 0 Å². The van der Waals surface area contributed by atoms with Gasteiger partial charge >= 0.3 is 11.9 Å². The molecule has 0 aromatic rings. The molecular formula is C8H15F2NO2S. The molecule has 1 unspecified atom stereocenters. The predicted octanol–water partition coefficient (Wildman–Crippen LogP) is 1.44. The summed E-state index contributed by atoms with van der Waals surface area (Å²) in [5, 5.41) is 10.6. The number of carboxylic acids is 1. The molecule has 1 atom stereocenters. The van der Waals surface area contributed by atoms with E-state index in [9.17, 15) is 13.6 Å². The number of hydrogen-bond acceptors (Lipinski definition) is 3. The number of halogens is 2. The molecule has 0 fully saturated rings. The van der Waals surface area contributed by atoms with Gasteiger partial charge in [-0.05, 0) is 12.7 Å². The third-order valence-corrected chi connectivity index (χ3v) is 2.70. The number of aliphatic carboxylic acids is 1. The van der Waals surface area contributed by atoms with Crippen LogP contribution in [0.25, 0.3) is 0 Å². The van der Waals surface area contributed by atoms with E-state index < -0.39 is 18.4 Å². The van der Waals surface area contributed by atoms with Gasteiger partial charge in [-0.15, -0.1) is 0 Å². The molecule has 14 heavy (non-hydrogen) atoms. The van der Waals surface area contributed by atoms with Crippen molar-refractivity contribution in [3.8, 4) is 0 Å². The highest BCUT2D eigenvalue weighted by molar-refractivity contribution is 7.99. The van der Waals surface area contributed by atoms with E-state index in [1.54, 1.807) is 18.7 Å². The highest BCUT2D eigenvalue weighted by Gasteiger charge is 2.38. The maximum absolute atomic E-state index is 12.6. The van der Waals surface area contributed by atoms with Gasteiger partial charge in [0.25, 0.3) is 0 Å². The minimum absolute atomic E-state index is 0.106. The van der Waals surface area contributed by atoms with Crippen molar-refractivity contribution in [1.29, 1.82) is 0 Å². The first-order valence-corrected chi connectivity index (χ1v) is 5.48. The predicted molar refractivity (Wildman–Crippen MR) is 53.0 cm³/mol. The van der Waals surface area contributed by atoms with E-state index in [1.807, 2.05) is 6.92 Å². The van der Waals surface area contributed by atoms with E-state index >= 15 is 0 Å². The lowest BCUT2D eigenvalue weighted by molar-refractivity contribution is -0.164. The quantitative estimate of drug-likeness (QED) is 0.691. The van der Waals surface area contributed by atoms with E-state index in [1.165, 1.54) is 0 Å². The van der Waals surface area contributed by atoms with Gasteiger partial charge in [0.1, 0.15) is 0 Å². The van der Waals surface area contributed by atoms with Crippen molar-refractivity contribution in [2.24, 2.45) is 0 Å². The summed E-state index contributed by atoms with van der Waals surface area (Å²) in [4.78, 5) is 10.1. The smallest absolute Gasteiger partial charge is 0.375 e. The SMILES string of the molecule is CCSCC(C)NCC(F)(F)C(=O)O. The number of alkyl halides is 2. The lowest BCUT2D eigenvalue weighted by Gasteiger charge is -2.16. The summed E-state index contributed by atoms with van der Waals surface area (Å²) in [6, 6.07) is -0.106. The Morgan fingerprint density at radius 3 is 2.64 bits per heavy atom. The molecule has 0 saturated heterocycles. The molecule has 0 aliphatic heterocycles. The molecule has 2 N–H and O–H groups in total. The Balaban J connectivity index is 3.75. The molecule has 0 saturated carbocycles. The van der Waals surface area contributed by atoms with Crippen LogP contribution in [0.2, 0.25) is 0 Å². The molecule has 0 aromatic carbocycles. The Morgan fingerprint density at radius 2 is 2.21 bits per heavy atom. The highest BCUT2D eigenvalue weighted by Crippen LogP contribution is 2.12. The van der Waals surface area contributed by atoms with Crippen molar-refractivity contribution in [1.82, 2.24) is 5.32 Å². The molecule has 0 radical (unpaired) electrons. The normalized spacial score (nSPS) is 14.0. The van der Waals surface area contributed by atoms with Gasteiger partial charge in [-0.25, -0.2) is 4.79 Å². The second-order valence-corrected chi connectivity index (χ2v) is 4.27. The van der Waals surface area contributed by atoms with E-state index in [-0.39, 0.29) is 6.04 Å². The second-order valence-electron chi connectivity index (χ2n) is 2.95. The molecule has 84 valence electrons. The van der Waals surface area contributed by atoms with E-state index in [0.717, 1.165) is 5.75 Å². The third kappa shape index (κ3) is 5.39. The molecule has 0 heterocycles. The second kappa shape index (κ2) is 6.19. The molecule has 0 bridgehead atoms. The Hall–Kier alpha value is -0.360. The fourth-order valence-corrected chi connectivity index (χ4v) is 1.44. The monoisotopic (exact) mass is 227 g/mol. The molecular weight excluding hydrogens is 212 g/mol. The van der Waals surface area contributed by atoms with Crippen LogP contribution in [0, 0.1) is 0 Å². The largest absolute Gasteiger partial charge is 0.477 e. The molecule has 0 aliphatic rings. The van der Waals surface area contributed by atoms with Gasteiger partial charge in [-0.2, -0.15) is 20.5 Å². The van der Waals surface area contributed by atoms with Crippen LogP contribution in [0.3, 0.4) is 0 Å². The average Bonchev–Trinajstić information content (AvgIpc) is 2.11. The van der Waals surface area contributed by atoms with Gasteiger partial charge in [0, 0.05) is 11.8 Å². The Labute approximate surface area is 86.3 Å². The van der Waals surface area contributed by atoms with E-state index in [2.05, 4.69) is 5.32 Å². The van der Waals surface area contributed by atoms with Gasteiger partial charge in [0.05, 0.1) is 6.54 Å². The molecule has 3 nitrogen and oxygen atoms in total. The maximum atomic E-state index is 12.6. The number of hydrogen-bond donors (Lipinski definition) is 2. The zero-order valence-electron chi connectivity index (χ0n) is 8.22. The minimum Gasteiger partial charge on any atom is -0.477 e. The van der Waals surface area contributed by atoms with Crippen molar-refractivity contribution >= 4 is 17.7 Å². The number of nitrogens with one attached hydrogen (secondary N) is 1. The Kier molecular flexibility index (Phi) is 6.03. The van der Waals surface area contributed by atoms with Gasteiger partial charge in [-0.3, -0.25) is 0 Å². The fourth-order valence-electron chi connectivity index (χ4n) is 0.732. The van der Waals surface area contributed by atoms with Crippen LogP contribution in [0.4, 0.5) is 8.78 Å². The highest BCUT2D eigenvalue weighted by atomic mass is 32.2. The Morgan fingerprint density at radius 1 is 1.64 bits per heavy atom. The van der Waals surface area contributed by atoms with Crippen LogP contribution >= 0.6 is 11.8 Å². The first kappa shape index (κ1) is 13.6. The number of thioether (sulfide) groups is 1. The summed E-state index contributed by atoms with van der Waals surface area (Å²) in [6.45, 7) is 2.91. The van der Waals surface area contributed by atoms with Crippen LogP contribution in [0.1, 0.15) is 13.8 Å². The summed E-state index contributed by atoms with van der Waals surface area (Å²) < 4.78 is 25.1. The minimum atomic E-state index is -3.68. The summed E-state index contributed by atoms with van der Waals surface area (Å²) in [7, 11) is 0. The van der Waals surface area contributed by atoms with Crippen molar-refractivity contribution < 1.29 is 18.7 Å². The van der Waals surface area contributed by atoms with Crippen molar-refractivity contribution in [2.45, 2.75) is 25.8 Å². The van der Waals surface area contributed by atoms with Gasteiger partial charge < -0.3 is 10.4 Å².